The normalized spacial score (nSPS) is 14.2. The highest BCUT2D eigenvalue weighted by Crippen LogP contribution is 2.46. The van der Waals surface area contributed by atoms with Crippen molar-refractivity contribution in [2.24, 2.45) is 0 Å². The Kier molecular flexibility index (Phi) is 5.74. The number of anilines is 1. The predicted octanol–water partition coefficient (Wildman–Crippen LogP) is 5.10. The molecule has 1 atom stereocenters. The summed E-state index contributed by atoms with van der Waals surface area (Å²) >= 11 is 0. The number of hydrogen-bond acceptors (Lipinski definition) is 4. The Labute approximate surface area is 176 Å². The number of rotatable bonds is 8. The van der Waals surface area contributed by atoms with E-state index in [-0.39, 0.29) is 11.8 Å². The summed E-state index contributed by atoms with van der Waals surface area (Å²) in [6, 6.07) is 15.6. The standard InChI is InChI=1S/C24H27N3O3/c1-4-18(15-8-6-5-7-9-15)24(28)25-23-21(16-10-11-16)26-27-22(23)17-12-13-19(29-2)20(14-17)30-3/h5-9,12-14,16,18H,4,10-11H2,1-3H3,(H,25,28)(H,26,27)/t18-/m0/s1. The van der Waals surface area contributed by atoms with Crippen molar-refractivity contribution in [3.8, 4) is 22.8 Å². The first kappa shape index (κ1) is 20.0. The lowest BCUT2D eigenvalue weighted by Gasteiger charge is -2.17. The Morgan fingerprint density at radius 3 is 2.50 bits per heavy atom. The molecule has 0 saturated heterocycles. The molecular formula is C24H27N3O3. The minimum absolute atomic E-state index is 0.0197. The second kappa shape index (κ2) is 8.61. The number of nitrogens with zero attached hydrogens (tertiary/aromatic N) is 1. The molecule has 4 rings (SSSR count). The summed E-state index contributed by atoms with van der Waals surface area (Å²) in [4.78, 5) is 13.2. The summed E-state index contributed by atoms with van der Waals surface area (Å²) < 4.78 is 10.8. The highest BCUT2D eigenvalue weighted by atomic mass is 16.5. The minimum Gasteiger partial charge on any atom is -0.493 e. The molecule has 1 amide bonds. The van der Waals surface area contributed by atoms with Crippen LogP contribution in [0.5, 0.6) is 11.5 Å². The molecule has 6 heteroatoms. The number of amides is 1. The zero-order valence-electron chi connectivity index (χ0n) is 17.6. The Morgan fingerprint density at radius 2 is 1.87 bits per heavy atom. The van der Waals surface area contributed by atoms with Crippen LogP contribution in [0, 0.1) is 0 Å². The average molecular weight is 405 g/mol. The molecule has 2 aromatic carbocycles. The maximum absolute atomic E-state index is 13.2. The van der Waals surface area contributed by atoms with Crippen LogP contribution in [0.4, 0.5) is 5.69 Å². The first-order valence-corrected chi connectivity index (χ1v) is 10.3. The number of methoxy groups -OCH3 is 2. The second-order valence-electron chi connectivity index (χ2n) is 7.57. The molecule has 2 N–H and O–H groups in total. The van der Waals surface area contributed by atoms with E-state index in [1.807, 2.05) is 55.5 Å². The van der Waals surface area contributed by atoms with Gasteiger partial charge in [0.2, 0.25) is 5.91 Å². The molecule has 6 nitrogen and oxygen atoms in total. The number of nitrogens with one attached hydrogen (secondary N) is 2. The number of aromatic nitrogens is 2. The number of hydrogen-bond donors (Lipinski definition) is 2. The third kappa shape index (κ3) is 3.90. The molecule has 1 aliphatic rings. The number of aromatic amines is 1. The van der Waals surface area contributed by atoms with Crippen LogP contribution in [-0.4, -0.2) is 30.3 Å². The SMILES string of the molecule is CC[C@H](C(=O)Nc1c(-c2ccc(OC)c(OC)c2)n[nH]c1C1CC1)c1ccccc1. The maximum Gasteiger partial charge on any atom is 0.232 e. The third-order valence-corrected chi connectivity index (χ3v) is 5.61. The van der Waals surface area contributed by atoms with Crippen molar-refractivity contribution in [1.82, 2.24) is 10.2 Å². The van der Waals surface area contributed by atoms with Crippen LogP contribution in [0.2, 0.25) is 0 Å². The molecule has 1 aliphatic carbocycles. The lowest BCUT2D eigenvalue weighted by atomic mass is 9.95. The Hall–Kier alpha value is -3.28. The molecule has 3 aromatic rings. The molecule has 0 unspecified atom stereocenters. The number of ether oxygens (including phenoxy) is 2. The zero-order valence-corrected chi connectivity index (χ0v) is 17.6. The molecule has 0 radical (unpaired) electrons. The van der Waals surface area contributed by atoms with Crippen LogP contribution in [0.25, 0.3) is 11.3 Å². The molecule has 1 fully saturated rings. The summed E-state index contributed by atoms with van der Waals surface area (Å²) in [5.41, 5.74) is 4.36. The minimum atomic E-state index is -0.216. The Bertz CT molecular complexity index is 1030. The molecule has 1 saturated carbocycles. The van der Waals surface area contributed by atoms with E-state index < -0.39 is 0 Å². The summed E-state index contributed by atoms with van der Waals surface area (Å²) in [5, 5.41) is 10.9. The van der Waals surface area contributed by atoms with Crippen molar-refractivity contribution in [2.75, 3.05) is 19.5 Å². The van der Waals surface area contributed by atoms with Crippen molar-refractivity contribution in [1.29, 1.82) is 0 Å². The van der Waals surface area contributed by atoms with E-state index in [1.54, 1.807) is 14.2 Å². The van der Waals surface area contributed by atoms with Gasteiger partial charge in [0.25, 0.3) is 0 Å². The molecule has 1 heterocycles. The van der Waals surface area contributed by atoms with Gasteiger partial charge in [-0.15, -0.1) is 0 Å². The van der Waals surface area contributed by atoms with Crippen LogP contribution in [0.15, 0.2) is 48.5 Å². The van der Waals surface area contributed by atoms with Crippen molar-refractivity contribution >= 4 is 11.6 Å². The maximum atomic E-state index is 13.2. The van der Waals surface area contributed by atoms with Gasteiger partial charge in [0.1, 0.15) is 5.69 Å². The van der Waals surface area contributed by atoms with Crippen molar-refractivity contribution in [3.63, 3.8) is 0 Å². The van der Waals surface area contributed by atoms with E-state index in [2.05, 4.69) is 15.5 Å². The topological polar surface area (TPSA) is 76.2 Å². The van der Waals surface area contributed by atoms with Gasteiger partial charge >= 0.3 is 0 Å². The lowest BCUT2D eigenvalue weighted by Crippen LogP contribution is -2.21. The van der Waals surface area contributed by atoms with Gasteiger partial charge in [-0.05, 0) is 43.0 Å². The van der Waals surface area contributed by atoms with Crippen LogP contribution >= 0.6 is 0 Å². The number of carbonyl (C=O) groups is 1. The summed E-state index contributed by atoms with van der Waals surface area (Å²) in [7, 11) is 3.22. The van der Waals surface area contributed by atoms with Gasteiger partial charge in [0.05, 0.1) is 31.5 Å². The molecule has 30 heavy (non-hydrogen) atoms. The number of benzene rings is 2. The molecule has 0 bridgehead atoms. The summed E-state index contributed by atoms with van der Waals surface area (Å²) in [6.07, 6.45) is 2.93. The zero-order chi connectivity index (χ0) is 21.1. The average Bonchev–Trinajstić information content (AvgIpc) is 3.55. The fourth-order valence-electron chi connectivity index (χ4n) is 3.81. The Morgan fingerprint density at radius 1 is 1.13 bits per heavy atom. The fourth-order valence-corrected chi connectivity index (χ4v) is 3.81. The molecular weight excluding hydrogens is 378 g/mol. The van der Waals surface area contributed by atoms with E-state index in [9.17, 15) is 4.79 Å². The van der Waals surface area contributed by atoms with Crippen molar-refractivity contribution in [3.05, 3.63) is 59.8 Å². The number of carbonyl (C=O) groups excluding carboxylic acids is 1. The largest absolute Gasteiger partial charge is 0.493 e. The second-order valence-corrected chi connectivity index (χ2v) is 7.57. The van der Waals surface area contributed by atoms with E-state index in [4.69, 9.17) is 9.47 Å². The molecule has 0 aliphatic heterocycles. The summed E-state index contributed by atoms with van der Waals surface area (Å²) in [5.74, 6) is 1.46. The first-order valence-electron chi connectivity index (χ1n) is 10.3. The van der Waals surface area contributed by atoms with Gasteiger partial charge in [-0.3, -0.25) is 9.89 Å². The first-order chi connectivity index (χ1) is 14.7. The molecule has 156 valence electrons. The van der Waals surface area contributed by atoms with E-state index in [0.717, 1.165) is 41.8 Å². The third-order valence-electron chi connectivity index (χ3n) is 5.61. The van der Waals surface area contributed by atoms with Gasteiger partial charge in [-0.25, -0.2) is 0 Å². The quantitative estimate of drug-likeness (QED) is 0.546. The molecule has 1 aromatic heterocycles. The highest BCUT2D eigenvalue weighted by molar-refractivity contribution is 5.99. The van der Waals surface area contributed by atoms with Crippen LogP contribution in [0.3, 0.4) is 0 Å². The van der Waals surface area contributed by atoms with Gasteiger partial charge in [0, 0.05) is 11.5 Å². The van der Waals surface area contributed by atoms with Crippen molar-refractivity contribution < 1.29 is 14.3 Å². The van der Waals surface area contributed by atoms with Crippen LogP contribution in [0.1, 0.15) is 49.3 Å². The molecule has 0 spiro atoms. The lowest BCUT2D eigenvalue weighted by molar-refractivity contribution is -0.117. The Balaban J connectivity index is 1.69. The monoisotopic (exact) mass is 405 g/mol. The van der Waals surface area contributed by atoms with E-state index in [0.29, 0.717) is 23.1 Å². The smallest absolute Gasteiger partial charge is 0.232 e. The van der Waals surface area contributed by atoms with Crippen LogP contribution in [-0.2, 0) is 4.79 Å². The number of H-pyrrole nitrogens is 1. The van der Waals surface area contributed by atoms with Gasteiger partial charge in [-0.2, -0.15) is 5.10 Å². The van der Waals surface area contributed by atoms with E-state index >= 15 is 0 Å². The fraction of sp³-hybridized carbons (Fsp3) is 0.333. The predicted molar refractivity (Wildman–Crippen MR) is 117 cm³/mol. The van der Waals surface area contributed by atoms with E-state index in [1.165, 1.54) is 0 Å². The van der Waals surface area contributed by atoms with Crippen LogP contribution < -0.4 is 14.8 Å². The summed E-state index contributed by atoms with van der Waals surface area (Å²) in [6.45, 7) is 2.03. The van der Waals surface area contributed by atoms with Gasteiger partial charge in [0.15, 0.2) is 11.5 Å². The van der Waals surface area contributed by atoms with Crippen molar-refractivity contribution in [2.45, 2.75) is 38.0 Å². The van der Waals surface area contributed by atoms with Gasteiger partial charge < -0.3 is 14.8 Å². The highest BCUT2D eigenvalue weighted by Gasteiger charge is 2.32. The van der Waals surface area contributed by atoms with Gasteiger partial charge in [-0.1, -0.05) is 37.3 Å².